The van der Waals surface area contributed by atoms with Crippen LogP contribution in [0.5, 0.6) is 0 Å². The number of hydrogen-bond acceptors (Lipinski definition) is 4. The van der Waals surface area contributed by atoms with Crippen LogP contribution in [0, 0.1) is 0 Å². The average molecular weight is 250 g/mol. The summed E-state index contributed by atoms with van der Waals surface area (Å²) < 4.78 is 27.8. The molecule has 1 aliphatic rings. The first-order valence-corrected chi connectivity index (χ1v) is 7.29. The van der Waals surface area contributed by atoms with Gasteiger partial charge in [-0.2, -0.15) is 8.42 Å². The molecule has 1 fully saturated rings. The molecule has 1 heterocycles. The number of hydrogen-bond donors (Lipinski definition) is 3. The van der Waals surface area contributed by atoms with Crippen LogP contribution in [0.1, 0.15) is 13.3 Å². The maximum atomic E-state index is 11.4. The zero-order valence-electron chi connectivity index (χ0n) is 9.83. The van der Waals surface area contributed by atoms with Crippen molar-refractivity contribution in [1.29, 1.82) is 0 Å². The lowest BCUT2D eigenvalue weighted by atomic mass is 10.3. The van der Waals surface area contributed by atoms with E-state index in [4.69, 9.17) is 0 Å². The zero-order valence-corrected chi connectivity index (χ0v) is 10.6. The second-order valence-electron chi connectivity index (χ2n) is 3.88. The van der Waals surface area contributed by atoms with Crippen molar-refractivity contribution in [1.82, 2.24) is 19.7 Å². The molecule has 0 spiro atoms. The fourth-order valence-corrected chi connectivity index (χ4v) is 2.50. The first-order chi connectivity index (χ1) is 7.64. The second-order valence-corrected chi connectivity index (χ2v) is 5.47. The van der Waals surface area contributed by atoms with Crippen LogP contribution in [0.2, 0.25) is 0 Å². The predicted molar refractivity (Wildman–Crippen MR) is 64.5 cm³/mol. The van der Waals surface area contributed by atoms with Crippen LogP contribution >= 0.6 is 0 Å². The average Bonchev–Trinajstić information content (AvgIpc) is 2.28. The molecule has 16 heavy (non-hydrogen) atoms. The lowest BCUT2D eigenvalue weighted by Crippen LogP contribution is -2.47. The van der Waals surface area contributed by atoms with Gasteiger partial charge in [-0.25, -0.2) is 9.44 Å². The summed E-state index contributed by atoms with van der Waals surface area (Å²) >= 11 is 0. The minimum atomic E-state index is -3.29. The highest BCUT2D eigenvalue weighted by Gasteiger charge is 2.11. The maximum absolute atomic E-state index is 11.4. The molecule has 7 heteroatoms. The SMILES string of the molecule is CCCNS(=O)(=O)NCCN1CCNCC1. The van der Waals surface area contributed by atoms with Crippen LogP contribution in [-0.2, 0) is 10.2 Å². The summed E-state index contributed by atoms with van der Waals surface area (Å²) in [7, 11) is -3.29. The minimum absolute atomic E-state index is 0.471. The van der Waals surface area contributed by atoms with Gasteiger partial charge >= 0.3 is 0 Å². The molecule has 0 radical (unpaired) electrons. The molecule has 1 rings (SSSR count). The van der Waals surface area contributed by atoms with Crippen molar-refractivity contribution in [3.8, 4) is 0 Å². The van der Waals surface area contributed by atoms with Crippen LogP contribution in [0.25, 0.3) is 0 Å². The molecule has 0 unspecified atom stereocenters. The van der Waals surface area contributed by atoms with Crippen molar-refractivity contribution in [2.24, 2.45) is 0 Å². The van der Waals surface area contributed by atoms with Crippen LogP contribution in [0.3, 0.4) is 0 Å². The Morgan fingerprint density at radius 3 is 2.44 bits per heavy atom. The Balaban J connectivity index is 2.13. The number of nitrogens with one attached hydrogen (secondary N) is 3. The number of piperazine rings is 1. The Bertz CT molecular complexity index is 275. The molecule has 96 valence electrons. The third-order valence-corrected chi connectivity index (χ3v) is 3.64. The summed E-state index contributed by atoms with van der Waals surface area (Å²) in [4.78, 5) is 2.25. The smallest absolute Gasteiger partial charge is 0.276 e. The lowest BCUT2D eigenvalue weighted by Gasteiger charge is -2.27. The molecule has 0 aliphatic carbocycles. The fourth-order valence-electron chi connectivity index (χ4n) is 1.56. The van der Waals surface area contributed by atoms with Crippen molar-refractivity contribution in [2.75, 3.05) is 45.8 Å². The highest BCUT2D eigenvalue weighted by atomic mass is 32.2. The van der Waals surface area contributed by atoms with Gasteiger partial charge in [-0.05, 0) is 6.42 Å². The van der Waals surface area contributed by atoms with Crippen molar-refractivity contribution in [3.63, 3.8) is 0 Å². The zero-order chi connectivity index (χ0) is 11.9. The summed E-state index contributed by atoms with van der Waals surface area (Å²) in [6.45, 7) is 7.62. The molecule has 0 bridgehead atoms. The van der Waals surface area contributed by atoms with Gasteiger partial charge in [0, 0.05) is 45.8 Å². The second kappa shape index (κ2) is 7.18. The van der Waals surface area contributed by atoms with E-state index in [-0.39, 0.29) is 0 Å². The van der Waals surface area contributed by atoms with E-state index in [9.17, 15) is 8.42 Å². The Morgan fingerprint density at radius 2 is 1.81 bits per heavy atom. The van der Waals surface area contributed by atoms with Gasteiger partial charge in [0.15, 0.2) is 0 Å². The minimum Gasteiger partial charge on any atom is -0.314 e. The fraction of sp³-hybridized carbons (Fsp3) is 1.00. The van der Waals surface area contributed by atoms with Gasteiger partial charge in [-0.15, -0.1) is 0 Å². The molecule has 0 atom stereocenters. The standard InChI is InChI=1S/C9H22N4O2S/c1-2-3-11-16(14,15)12-6-9-13-7-4-10-5-8-13/h10-12H,2-9H2,1H3. The van der Waals surface area contributed by atoms with E-state index in [0.717, 1.165) is 39.1 Å². The van der Waals surface area contributed by atoms with E-state index in [1.165, 1.54) is 0 Å². The Hall–Kier alpha value is -0.210. The van der Waals surface area contributed by atoms with E-state index in [2.05, 4.69) is 19.7 Å². The van der Waals surface area contributed by atoms with E-state index in [1.54, 1.807) is 0 Å². The van der Waals surface area contributed by atoms with Gasteiger partial charge in [-0.1, -0.05) is 6.92 Å². The largest absolute Gasteiger partial charge is 0.314 e. The molecule has 0 aromatic heterocycles. The molecule has 1 aliphatic heterocycles. The van der Waals surface area contributed by atoms with Gasteiger partial charge in [0.2, 0.25) is 0 Å². The van der Waals surface area contributed by atoms with Gasteiger partial charge in [-0.3, -0.25) is 4.90 Å². The molecule has 3 N–H and O–H groups in total. The summed E-state index contributed by atoms with van der Waals surface area (Å²) in [6, 6.07) is 0. The van der Waals surface area contributed by atoms with Crippen molar-refractivity contribution < 1.29 is 8.42 Å². The van der Waals surface area contributed by atoms with E-state index in [0.29, 0.717) is 13.1 Å². The van der Waals surface area contributed by atoms with Gasteiger partial charge in [0.25, 0.3) is 10.2 Å². The highest BCUT2D eigenvalue weighted by Crippen LogP contribution is 1.90. The van der Waals surface area contributed by atoms with E-state index in [1.807, 2.05) is 6.92 Å². The monoisotopic (exact) mass is 250 g/mol. The molecule has 1 saturated heterocycles. The number of nitrogens with zero attached hydrogens (tertiary/aromatic N) is 1. The van der Waals surface area contributed by atoms with E-state index >= 15 is 0 Å². The molecular formula is C9H22N4O2S. The van der Waals surface area contributed by atoms with Gasteiger partial charge in [0.05, 0.1) is 0 Å². The van der Waals surface area contributed by atoms with Crippen molar-refractivity contribution >= 4 is 10.2 Å². The highest BCUT2D eigenvalue weighted by molar-refractivity contribution is 7.87. The first-order valence-electron chi connectivity index (χ1n) is 5.81. The Morgan fingerprint density at radius 1 is 1.19 bits per heavy atom. The molecule has 0 aromatic rings. The molecular weight excluding hydrogens is 228 g/mol. The summed E-state index contributed by atoms with van der Waals surface area (Å²) in [5.74, 6) is 0. The third kappa shape index (κ3) is 5.76. The lowest BCUT2D eigenvalue weighted by molar-refractivity contribution is 0.245. The Labute approximate surface area is 98.0 Å². The van der Waals surface area contributed by atoms with Crippen LogP contribution in [-0.4, -0.2) is 59.1 Å². The topological polar surface area (TPSA) is 73.5 Å². The summed E-state index contributed by atoms with van der Waals surface area (Å²) in [5, 5.41) is 3.26. The Kier molecular flexibility index (Phi) is 6.22. The third-order valence-electron chi connectivity index (χ3n) is 2.47. The van der Waals surface area contributed by atoms with E-state index < -0.39 is 10.2 Å². The van der Waals surface area contributed by atoms with Crippen LogP contribution in [0.15, 0.2) is 0 Å². The summed E-state index contributed by atoms with van der Waals surface area (Å²) in [6.07, 6.45) is 0.804. The normalized spacial score (nSPS) is 18.8. The predicted octanol–water partition coefficient (Wildman–Crippen LogP) is -1.27. The van der Waals surface area contributed by atoms with Crippen molar-refractivity contribution in [3.05, 3.63) is 0 Å². The van der Waals surface area contributed by atoms with Crippen LogP contribution < -0.4 is 14.8 Å². The quantitative estimate of drug-likeness (QED) is 0.526. The maximum Gasteiger partial charge on any atom is 0.276 e. The molecule has 0 amide bonds. The molecule has 0 aromatic carbocycles. The molecule has 6 nitrogen and oxygen atoms in total. The van der Waals surface area contributed by atoms with Crippen molar-refractivity contribution in [2.45, 2.75) is 13.3 Å². The van der Waals surface area contributed by atoms with Gasteiger partial charge in [0.1, 0.15) is 0 Å². The van der Waals surface area contributed by atoms with Gasteiger partial charge < -0.3 is 5.32 Å². The first kappa shape index (κ1) is 13.9. The number of rotatable bonds is 7. The molecule has 0 saturated carbocycles. The summed E-state index contributed by atoms with van der Waals surface area (Å²) in [5.41, 5.74) is 0. The van der Waals surface area contributed by atoms with Crippen LogP contribution in [0.4, 0.5) is 0 Å².